The molecule has 0 unspecified atom stereocenters. The molecule has 0 amide bonds. The fourth-order valence-electron chi connectivity index (χ4n) is 1.53. The lowest BCUT2D eigenvalue weighted by molar-refractivity contribution is 0.506. The van der Waals surface area contributed by atoms with Crippen LogP contribution in [-0.4, -0.2) is 16.5 Å². The molecule has 1 aromatic heterocycles. The van der Waals surface area contributed by atoms with Gasteiger partial charge < -0.3 is 10.3 Å². The van der Waals surface area contributed by atoms with Crippen LogP contribution in [0.4, 0.5) is 8.78 Å². The molecule has 0 radical (unpaired) electrons. The zero-order chi connectivity index (χ0) is 12.1. The van der Waals surface area contributed by atoms with Gasteiger partial charge in [0.25, 0.3) is 0 Å². The summed E-state index contributed by atoms with van der Waals surface area (Å²) in [4.78, 5) is 6.90. The predicted octanol–water partition coefficient (Wildman–Crippen LogP) is 2.02. The van der Waals surface area contributed by atoms with E-state index in [1.54, 1.807) is 18.6 Å². The summed E-state index contributed by atoms with van der Waals surface area (Å²) >= 11 is 0. The molecule has 1 aromatic carbocycles. The van der Waals surface area contributed by atoms with Crippen LogP contribution in [-0.2, 0) is 13.0 Å². The Morgan fingerprint density at radius 1 is 1.24 bits per heavy atom. The van der Waals surface area contributed by atoms with E-state index in [4.69, 9.17) is 0 Å². The molecule has 0 aliphatic carbocycles. The van der Waals surface area contributed by atoms with E-state index in [1.165, 1.54) is 6.07 Å². The van der Waals surface area contributed by atoms with Gasteiger partial charge in [-0.05, 0) is 17.7 Å². The first kappa shape index (κ1) is 11.7. The number of aromatic nitrogens is 2. The van der Waals surface area contributed by atoms with Gasteiger partial charge in [-0.2, -0.15) is 0 Å². The molecule has 0 aliphatic heterocycles. The molecule has 0 spiro atoms. The number of aromatic amines is 1. The van der Waals surface area contributed by atoms with Gasteiger partial charge in [0.15, 0.2) is 11.6 Å². The van der Waals surface area contributed by atoms with Gasteiger partial charge in [0.1, 0.15) is 0 Å². The summed E-state index contributed by atoms with van der Waals surface area (Å²) in [6.45, 7) is 1.27. The van der Waals surface area contributed by atoms with Crippen molar-refractivity contribution in [2.24, 2.45) is 0 Å². The van der Waals surface area contributed by atoms with Crippen molar-refractivity contribution in [3.8, 4) is 0 Å². The number of nitrogens with zero attached hydrogens (tertiary/aromatic N) is 1. The molecule has 5 heteroatoms. The van der Waals surface area contributed by atoms with Gasteiger partial charge in [0, 0.05) is 31.4 Å². The zero-order valence-corrected chi connectivity index (χ0v) is 9.21. The molecule has 90 valence electrons. The second-order valence-electron chi connectivity index (χ2n) is 3.75. The fraction of sp³-hybridized carbons (Fsp3) is 0.250. The summed E-state index contributed by atoms with van der Waals surface area (Å²) in [5, 5.41) is 3.15. The van der Waals surface area contributed by atoms with E-state index in [0.29, 0.717) is 6.54 Å². The first-order chi connectivity index (χ1) is 8.25. The quantitative estimate of drug-likeness (QED) is 0.781. The number of rotatable bonds is 5. The number of halogens is 2. The highest BCUT2D eigenvalue weighted by Gasteiger charge is 2.02. The first-order valence-corrected chi connectivity index (χ1v) is 5.37. The highest BCUT2D eigenvalue weighted by molar-refractivity contribution is 5.17. The van der Waals surface area contributed by atoms with Crippen LogP contribution in [0.5, 0.6) is 0 Å². The minimum atomic E-state index is -0.814. The Labute approximate surface area is 97.9 Å². The van der Waals surface area contributed by atoms with Crippen LogP contribution >= 0.6 is 0 Å². The maximum atomic E-state index is 12.9. The number of benzene rings is 1. The van der Waals surface area contributed by atoms with Crippen LogP contribution in [0.2, 0.25) is 0 Å². The molecule has 2 rings (SSSR count). The number of hydrogen-bond acceptors (Lipinski definition) is 2. The minimum absolute atomic E-state index is 0.519. The van der Waals surface area contributed by atoms with Crippen molar-refractivity contribution in [2.45, 2.75) is 13.0 Å². The fourth-order valence-corrected chi connectivity index (χ4v) is 1.53. The third kappa shape index (κ3) is 3.35. The maximum Gasteiger partial charge on any atom is 0.159 e. The van der Waals surface area contributed by atoms with Crippen molar-refractivity contribution in [3.63, 3.8) is 0 Å². The Morgan fingerprint density at radius 2 is 2.12 bits per heavy atom. The summed E-state index contributed by atoms with van der Waals surface area (Å²) in [6.07, 6.45) is 4.22. The molecule has 2 N–H and O–H groups in total. The molecule has 0 atom stereocenters. The van der Waals surface area contributed by atoms with Crippen molar-refractivity contribution in [3.05, 3.63) is 53.6 Å². The highest BCUT2D eigenvalue weighted by atomic mass is 19.2. The van der Waals surface area contributed by atoms with E-state index in [2.05, 4.69) is 15.3 Å². The number of hydrogen-bond donors (Lipinski definition) is 2. The monoisotopic (exact) mass is 237 g/mol. The Balaban J connectivity index is 1.76. The van der Waals surface area contributed by atoms with Crippen LogP contribution in [0.1, 0.15) is 11.3 Å². The van der Waals surface area contributed by atoms with E-state index >= 15 is 0 Å². The van der Waals surface area contributed by atoms with Gasteiger partial charge in [0.05, 0.1) is 6.33 Å². The maximum absolute atomic E-state index is 12.9. The summed E-state index contributed by atoms with van der Waals surface area (Å²) in [5.41, 5.74) is 1.77. The van der Waals surface area contributed by atoms with Crippen molar-refractivity contribution < 1.29 is 8.78 Å². The molecular formula is C12H13F2N3. The molecule has 0 saturated carbocycles. The summed E-state index contributed by atoms with van der Waals surface area (Å²) in [7, 11) is 0. The summed E-state index contributed by atoms with van der Waals surface area (Å²) in [5.74, 6) is -1.62. The Kier molecular flexibility index (Phi) is 3.82. The standard InChI is InChI=1S/C12H13F2N3/c13-11-2-1-9(5-12(11)14)6-15-4-3-10-7-16-8-17-10/h1-2,5,7-8,15H,3-4,6H2,(H,16,17). The van der Waals surface area contributed by atoms with E-state index < -0.39 is 11.6 Å². The van der Waals surface area contributed by atoms with Crippen LogP contribution in [0.25, 0.3) is 0 Å². The smallest absolute Gasteiger partial charge is 0.159 e. The summed E-state index contributed by atoms with van der Waals surface area (Å²) < 4.78 is 25.6. The van der Waals surface area contributed by atoms with Gasteiger partial charge in [-0.3, -0.25) is 0 Å². The van der Waals surface area contributed by atoms with Gasteiger partial charge in [0.2, 0.25) is 0 Å². The number of H-pyrrole nitrogens is 1. The first-order valence-electron chi connectivity index (χ1n) is 5.37. The SMILES string of the molecule is Fc1ccc(CNCCc2cnc[nH]2)cc1F. The molecule has 2 aromatic rings. The predicted molar refractivity (Wildman–Crippen MR) is 60.4 cm³/mol. The Morgan fingerprint density at radius 3 is 2.82 bits per heavy atom. The van der Waals surface area contributed by atoms with Crippen molar-refractivity contribution in [1.82, 2.24) is 15.3 Å². The third-order valence-corrected chi connectivity index (χ3v) is 2.44. The van der Waals surface area contributed by atoms with Crippen molar-refractivity contribution in [1.29, 1.82) is 0 Å². The molecule has 0 fully saturated rings. The zero-order valence-electron chi connectivity index (χ0n) is 9.21. The Hall–Kier alpha value is -1.75. The minimum Gasteiger partial charge on any atom is -0.348 e. The lowest BCUT2D eigenvalue weighted by Crippen LogP contribution is -2.17. The average Bonchev–Trinajstić information content (AvgIpc) is 2.82. The number of nitrogens with one attached hydrogen (secondary N) is 2. The lowest BCUT2D eigenvalue weighted by atomic mass is 10.2. The third-order valence-electron chi connectivity index (χ3n) is 2.44. The van der Waals surface area contributed by atoms with E-state index in [-0.39, 0.29) is 0 Å². The molecule has 3 nitrogen and oxygen atoms in total. The van der Waals surface area contributed by atoms with E-state index in [9.17, 15) is 8.78 Å². The molecule has 17 heavy (non-hydrogen) atoms. The van der Waals surface area contributed by atoms with Gasteiger partial charge in [-0.25, -0.2) is 13.8 Å². The van der Waals surface area contributed by atoms with Gasteiger partial charge in [-0.1, -0.05) is 6.07 Å². The van der Waals surface area contributed by atoms with Crippen molar-refractivity contribution >= 4 is 0 Å². The average molecular weight is 237 g/mol. The van der Waals surface area contributed by atoms with Crippen LogP contribution in [0, 0.1) is 11.6 Å². The van der Waals surface area contributed by atoms with Crippen LogP contribution in [0.15, 0.2) is 30.7 Å². The largest absolute Gasteiger partial charge is 0.348 e. The molecule has 0 saturated heterocycles. The number of imidazole rings is 1. The lowest BCUT2D eigenvalue weighted by Gasteiger charge is -2.04. The molecular weight excluding hydrogens is 224 g/mol. The Bertz CT molecular complexity index is 469. The van der Waals surface area contributed by atoms with Crippen LogP contribution in [0.3, 0.4) is 0 Å². The molecule has 0 bridgehead atoms. The molecule has 0 aliphatic rings. The highest BCUT2D eigenvalue weighted by Crippen LogP contribution is 2.08. The second kappa shape index (κ2) is 5.54. The van der Waals surface area contributed by atoms with E-state index in [0.717, 1.165) is 30.3 Å². The second-order valence-corrected chi connectivity index (χ2v) is 3.75. The van der Waals surface area contributed by atoms with Crippen LogP contribution < -0.4 is 5.32 Å². The normalized spacial score (nSPS) is 10.7. The molecule has 1 heterocycles. The topological polar surface area (TPSA) is 40.7 Å². The van der Waals surface area contributed by atoms with Crippen molar-refractivity contribution in [2.75, 3.05) is 6.54 Å². The summed E-state index contributed by atoms with van der Waals surface area (Å²) in [6, 6.07) is 3.92. The van der Waals surface area contributed by atoms with Gasteiger partial charge >= 0.3 is 0 Å². The van der Waals surface area contributed by atoms with Gasteiger partial charge in [-0.15, -0.1) is 0 Å². The van der Waals surface area contributed by atoms with E-state index in [1.807, 2.05) is 0 Å².